The molecule has 1 aliphatic heterocycles. The third kappa shape index (κ3) is 3.57. The summed E-state index contributed by atoms with van der Waals surface area (Å²) in [4.78, 5) is 23.1. The SMILES string of the molecule is O=CC1(O)CN(Cc2ccc(-c3nc4ccc(C5(c6ccccc6)CC5)nc4s3)c(F)c2)C1. The van der Waals surface area contributed by atoms with Gasteiger partial charge in [-0.25, -0.2) is 14.4 Å². The molecule has 1 saturated carbocycles. The fourth-order valence-electron chi connectivity index (χ4n) is 4.78. The number of aliphatic hydroxyl groups is 1. The van der Waals surface area contributed by atoms with Crippen molar-refractivity contribution in [1.82, 2.24) is 14.9 Å². The Morgan fingerprint density at radius 3 is 2.55 bits per heavy atom. The minimum Gasteiger partial charge on any atom is -0.380 e. The summed E-state index contributed by atoms with van der Waals surface area (Å²) in [6.45, 7) is 1.03. The minimum absolute atomic E-state index is 0.0145. The average molecular weight is 460 g/mol. The number of hydrogen-bond donors (Lipinski definition) is 1. The van der Waals surface area contributed by atoms with Crippen LogP contribution in [0.25, 0.3) is 20.9 Å². The first-order chi connectivity index (χ1) is 16.0. The molecule has 1 aliphatic carbocycles. The number of carbonyl (C=O) groups excluding carboxylic acids is 1. The second-order valence-electron chi connectivity index (χ2n) is 9.17. The average Bonchev–Trinajstić information content (AvgIpc) is 3.51. The molecule has 2 fully saturated rings. The van der Waals surface area contributed by atoms with Crippen LogP contribution in [-0.4, -0.2) is 45.0 Å². The van der Waals surface area contributed by atoms with E-state index < -0.39 is 5.60 Å². The van der Waals surface area contributed by atoms with Crippen LogP contribution in [-0.2, 0) is 16.8 Å². The van der Waals surface area contributed by atoms with Crippen LogP contribution in [0, 0.1) is 5.82 Å². The van der Waals surface area contributed by atoms with E-state index in [1.807, 2.05) is 23.1 Å². The van der Waals surface area contributed by atoms with Gasteiger partial charge in [0.1, 0.15) is 26.8 Å². The van der Waals surface area contributed by atoms with Gasteiger partial charge in [-0.05, 0) is 48.2 Å². The standard InChI is InChI=1S/C26H22FN3O2S/c27-20-12-17(13-30-14-25(32,15-30)16-31)6-7-19(20)23-28-21-8-9-22(29-24(21)33-23)26(10-11-26)18-4-2-1-3-5-18/h1-9,12,16,32H,10-11,13-15H2. The fraction of sp³-hybridized carbons (Fsp3) is 0.269. The summed E-state index contributed by atoms with van der Waals surface area (Å²) in [5.41, 5.74) is 3.10. The lowest BCUT2D eigenvalue weighted by Gasteiger charge is -2.42. The molecule has 3 heterocycles. The first-order valence-corrected chi connectivity index (χ1v) is 11.8. The molecule has 166 valence electrons. The lowest BCUT2D eigenvalue weighted by molar-refractivity contribution is -0.144. The predicted octanol–water partition coefficient (Wildman–Crippen LogP) is 4.32. The van der Waals surface area contributed by atoms with E-state index in [9.17, 15) is 14.3 Å². The zero-order valence-corrected chi connectivity index (χ0v) is 18.7. The van der Waals surface area contributed by atoms with Crippen molar-refractivity contribution in [2.75, 3.05) is 13.1 Å². The molecule has 0 bridgehead atoms. The number of rotatable bonds is 6. The Morgan fingerprint density at radius 2 is 1.85 bits per heavy atom. The van der Waals surface area contributed by atoms with E-state index in [1.165, 1.54) is 23.0 Å². The van der Waals surface area contributed by atoms with Crippen LogP contribution >= 0.6 is 11.3 Å². The minimum atomic E-state index is -1.26. The maximum atomic E-state index is 15.0. The Labute approximate surface area is 194 Å². The first kappa shape index (κ1) is 20.6. The Hall–Kier alpha value is -3.00. The van der Waals surface area contributed by atoms with Crippen molar-refractivity contribution in [2.45, 2.75) is 30.4 Å². The second kappa shape index (κ2) is 7.52. The molecule has 6 rings (SSSR count). The number of nitrogens with zero attached hydrogens (tertiary/aromatic N) is 3. The summed E-state index contributed by atoms with van der Waals surface area (Å²) in [7, 11) is 0. The molecule has 5 nitrogen and oxygen atoms in total. The van der Waals surface area contributed by atoms with E-state index in [2.05, 4.69) is 35.3 Å². The fourth-order valence-corrected chi connectivity index (χ4v) is 5.74. The maximum Gasteiger partial charge on any atom is 0.154 e. The van der Waals surface area contributed by atoms with Crippen LogP contribution in [0.5, 0.6) is 0 Å². The molecule has 2 aliphatic rings. The molecule has 2 aromatic carbocycles. The number of hydrogen-bond acceptors (Lipinski definition) is 6. The molecule has 0 spiro atoms. The lowest BCUT2D eigenvalue weighted by Crippen LogP contribution is -2.62. The number of aromatic nitrogens is 2. The molecule has 4 aromatic rings. The number of carbonyl (C=O) groups is 1. The summed E-state index contributed by atoms with van der Waals surface area (Å²) in [5.74, 6) is -0.332. The number of thiazole rings is 1. The van der Waals surface area contributed by atoms with Crippen molar-refractivity contribution in [3.63, 3.8) is 0 Å². The van der Waals surface area contributed by atoms with Crippen LogP contribution in [0.15, 0.2) is 60.7 Å². The molecule has 0 atom stereocenters. The third-order valence-electron chi connectivity index (χ3n) is 6.71. The zero-order chi connectivity index (χ0) is 22.6. The van der Waals surface area contributed by atoms with Gasteiger partial charge in [0.05, 0.1) is 5.69 Å². The van der Waals surface area contributed by atoms with E-state index in [1.54, 1.807) is 6.07 Å². The van der Waals surface area contributed by atoms with Gasteiger partial charge < -0.3 is 9.90 Å². The molecule has 7 heteroatoms. The van der Waals surface area contributed by atoms with Gasteiger partial charge in [0.15, 0.2) is 6.29 Å². The predicted molar refractivity (Wildman–Crippen MR) is 126 cm³/mol. The first-order valence-electron chi connectivity index (χ1n) is 11.0. The molecule has 1 saturated heterocycles. The van der Waals surface area contributed by atoms with Crippen molar-refractivity contribution in [3.05, 3.63) is 83.3 Å². The number of β-amino-alcohol motifs (C(OH)–C–C–N with tert-alkyl or cyclic N) is 1. The van der Waals surface area contributed by atoms with Gasteiger partial charge in [-0.1, -0.05) is 47.7 Å². The molecule has 33 heavy (non-hydrogen) atoms. The third-order valence-corrected chi connectivity index (χ3v) is 7.70. The van der Waals surface area contributed by atoms with Crippen molar-refractivity contribution >= 4 is 28.0 Å². The van der Waals surface area contributed by atoms with Crippen molar-refractivity contribution < 1.29 is 14.3 Å². The smallest absolute Gasteiger partial charge is 0.154 e. The van der Waals surface area contributed by atoms with E-state index in [0.29, 0.717) is 23.4 Å². The number of likely N-dealkylation sites (tertiary alicyclic amines) is 1. The second-order valence-corrected chi connectivity index (χ2v) is 10.1. The van der Waals surface area contributed by atoms with Gasteiger partial charge >= 0.3 is 0 Å². The number of fused-ring (bicyclic) bond motifs is 1. The van der Waals surface area contributed by atoms with Crippen LogP contribution in [0.3, 0.4) is 0 Å². The molecule has 1 N–H and O–H groups in total. The molecular weight excluding hydrogens is 437 g/mol. The molecule has 0 amide bonds. The highest BCUT2D eigenvalue weighted by molar-refractivity contribution is 7.21. The van der Waals surface area contributed by atoms with E-state index in [4.69, 9.17) is 4.98 Å². The van der Waals surface area contributed by atoms with Crippen LogP contribution in [0.1, 0.15) is 29.7 Å². The van der Waals surface area contributed by atoms with Gasteiger partial charge in [-0.3, -0.25) is 4.90 Å². The highest BCUT2D eigenvalue weighted by Gasteiger charge is 2.47. The summed E-state index contributed by atoms with van der Waals surface area (Å²) in [6.07, 6.45) is 2.74. The van der Waals surface area contributed by atoms with Crippen molar-refractivity contribution in [2.24, 2.45) is 0 Å². The maximum absolute atomic E-state index is 15.0. The Morgan fingerprint density at radius 1 is 1.06 bits per heavy atom. The lowest BCUT2D eigenvalue weighted by atomic mass is 9.92. The van der Waals surface area contributed by atoms with Crippen LogP contribution in [0.4, 0.5) is 4.39 Å². The highest BCUT2D eigenvalue weighted by Crippen LogP contribution is 2.53. The molecule has 0 radical (unpaired) electrons. The van der Waals surface area contributed by atoms with Gasteiger partial charge in [0, 0.05) is 30.6 Å². The Kier molecular flexibility index (Phi) is 4.69. The summed E-state index contributed by atoms with van der Waals surface area (Å²) < 4.78 is 15.0. The molecule has 0 unspecified atom stereocenters. The highest BCUT2D eigenvalue weighted by atomic mass is 32.1. The number of pyridine rings is 1. The number of benzene rings is 2. The Balaban J connectivity index is 1.26. The van der Waals surface area contributed by atoms with Crippen LogP contribution in [0.2, 0.25) is 0 Å². The quantitative estimate of drug-likeness (QED) is 0.435. The normalized spacial score (nSPS) is 18.7. The zero-order valence-electron chi connectivity index (χ0n) is 17.9. The molecule has 2 aromatic heterocycles. The van der Waals surface area contributed by atoms with E-state index >= 15 is 0 Å². The Bertz CT molecular complexity index is 1360. The van der Waals surface area contributed by atoms with Gasteiger partial charge in [-0.2, -0.15) is 0 Å². The largest absolute Gasteiger partial charge is 0.380 e. The monoisotopic (exact) mass is 459 g/mol. The van der Waals surface area contributed by atoms with E-state index in [-0.39, 0.29) is 24.3 Å². The summed E-state index contributed by atoms with van der Waals surface area (Å²) >= 11 is 1.41. The van der Waals surface area contributed by atoms with Crippen molar-refractivity contribution in [1.29, 1.82) is 0 Å². The number of aldehydes is 1. The summed E-state index contributed by atoms with van der Waals surface area (Å²) in [5, 5.41) is 10.4. The van der Waals surface area contributed by atoms with E-state index in [0.717, 1.165) is 34.4 Å². The van der Waals surface area contributed by atoms with Gasteiger partial charge in [0.2, 0.25) is 0 Å². The van der Waals surface area contributed by atoms with Gasteiger partial charge in [-0.15, -0.1) is 0 Å². The molecular formula is C26H22FN3O2S. The van der Waals surface area contributed by atoms with Gasteiger partial charge in [0.25, 0.3) is 0 Å². The topological polar surface area (TPSA) is 66.3 Å². The number of halogens is 1. The summed E-state index contributed by atoms with van der Waals surface area (Å²) in [6, 6.07) is 19.7. The van der Waals surface area contributed by atoms with Crippen LogP contribution < -0.4 is 0 Å². The van der Waals surface area contributed by atoms with Crippen molar-refractivity contribution in [3.8, 4) is 10.6 Å².